The van der Waals surface area contributed by atoms with E-state index in [2.05, 4.69) is 15.6 Å². The van der Waals surface area contributed by atoms with Gasteiger partial charge in [-0.2, -0.15) is 0 Å². The molecule has 22 heavy (non-hydrogen) atoms. The predicted octanol–water partition coefficient (Wildman–Crippen LogP) is 2.61. The number of hydrogen-bond donors (Lipinski definition) is 2. The number of pyridine rings is 1. The Bertz CT molecular complexity index is 685. The molecule has 1 aliphatic heterocycles. The molecule has 0 spiro atoms. The van der Waals surface area contributed by atoms with Gasteiger partial charge in [-0.1, -0.05) is 18.2 Å². The molecule has 0 fully saturated rings. The molecule has 1 unspecified atom stereocenters. The number of rotatable bonds is 4. The lowest BCUT2D eigenvalue weighted by Crippen LogP contribution is -2.30. The number of anilines is 2. The fraction of sp³-hybridized carbons (Fsp3) is 0.235. The van der Waals surface area contributed by atoms with Crippen molar-refractivity contribution in [2.45, 2.75) is 19.3 Å². The second kappa shape index (κ2) is 6.39. The molecule has 1 aliphatic rings. The van der Waals surface area contributed by atoms with Gasteiger partial charge in [0.1, 0.15) is 0 Å². The second-order valence-electron chi connectivity index (χ2n) is 5.37. The lowest BCUT2D eigenvalue weighted by atomic mass is 9.89. The molecule has 1 aromatic carbocycles. The quantitative estimate of drug-likeness (QED) is 0.910. The van der Waals surface area contributed by atoms with Gasteiger partial charge >= 0.3 is 0 Å². The van der Waals surface area contributed by atoms with E-state index in [4.69, 9.17) is 0 Å². The lowest BCUT2D eigenvalue weighted by molar-refractivity contribution is -0.121. The number of benzene rings is 1. The molecule has 0 saturated heterocycles. The van der Waals surface area contributed by atoms with Crippen LogP contribution in [0.25, 0.3) is 0 Å². The highest BCUT2D eigenvalue weighted by Gasteiger charge is 2.26. The van der Waals surface area contributed by atoms with Crippen molar-refractivity contribution in [3.8, 4) is 0 Å². The van der Waals surface area contributed by atoms with Crippen molar-refractivity contribution >= 4 is 23.2 Å². The number of para-hydroxylation sites is 1. The van der Waals surface area contributed by atoms with Gasteiger partial charge in [0.15, 0.2) is 0 Å². The van der Waals surface area contributed by atoms with E-state index in [1.165, 1.54) is 0 Å². The maximum absolute atomic E-state index is 12.1. The zero-order valence-corrected chi connectivity index (χ0v) is 12.1. The zero-order valence-electron chi connectivity index (χ0n) is 12.1. The summed E-state index contributed by atoms with van der Waals surface area (Å²) in [5.41, 5.74) is 2.73. The van der Waals surface area contributed by atoms with E-state index in [1.54, 1.807) is 24.5 Å². The van der Waals surface area contributed by atoms with Gasteiger partial charge in [0.25, 0.3) is 0 Å². The number of nitrogens with one attached hydrogen (secondary N) is 2. The number of carbonyl (C=O) groups is 2. The van der Waals surface area contributed by atoms with Gasteiger partial charge in [-0.3, -0.25) is 14.6 Å². The van der Waals surface area contributed by atoms with Crippen LogP contribution in [0.5, 0.6) is 0 Å². The maximum Gasteiger partial charge on any atom is 0.227 e. The normalized spacial score (nSPS) is 16.5. The summed E-state index contributed by atoms with van der Waals surface area (Å²) in [7, 11) is 0. The topological polar surface area (TPSA) is 71.1 Å². The summed E-state index contributed by atoms with van der Waals surface area (Å²) in [4.78, 5) is 27.9. The summed E-state index contributed by atoms with van der Waals surface area (Å²) < 4.78 is 0. The fourth-order valence-corrected chi connectivity index (χ4v) is 2.61. The highest BCUT2D eigenvalue weighted by Crippen LogP contribution is 2.27. The van der Waals surface area contributed by atoms with Crippen LogP contribution < -0.4 is 10.6 Å². The molecule has 0 bridgehead atoms. The summed E-state index contributed by atoms with van der Waals surface area (Å²) in [5.74, 6) is -0.244. The third-order valence-electron chi connectivity index (χ3n) is 3.80. The molecule has 0 aliphatic carbocycles. The molecule has 2 amide bonds. The number of nitrogens with zero attached hydrogens (tertiary/aromatic N) is 1. The number of hydrogen-bond acceptors (Lipinski definition) is 3. The number of fused-ring (bicyclic) bond motifs is 1. The van der Waals surface area contributed by atoms with Crippen molar-refractivity contribution in [3.63, 3.8) is 0 Å². The van der Waals surface area contributed by atoms with Gasteiger partial charge in [-0.05, 0) is 36.6 Å². The maximum atomic E-state index is 12.1. The van der Waals surface area contributed by atoms with E-state index in [1.807, 2.05) is 24.3 Å². The number of carbonyl (C=O) groups excluding carboxylic acids is 2. The SMILES string of the molecule is O=C(CCC1Cc2ccccc2NC1=O)Nc1ccncc1. The molecular formula is C17H17N3O2. The van der Waals surface area contributed by atoms with Gasteiger partial charge in [0.05, 0.1) is 0 Å². The number of aromatic nitrogens is 1. The van der Waals surface area contributed by atoms with Crippen LogP contribution in [0.2, 0.25) is 0 Å². The first-order chi connectivity index (χ1) is 10.7. The standard InChI is InChI=1S/C17H17N3O2/c21-16(19-14-7-9-18-10-8-14)6-5-13-11-12-3-1-2-4-15(12)20-17(13)22/h1-4,7-10,13H,5-6,11H2,(H,20,22)(H,18,19,21). The molecule has 1 atom stereocenters. The molecule has 0 radical (unpaired) electrons. The van der Waals surface area contributed by atoms with E-state index in [9.17, 15) is 9.59 Å². The van der Waals surface area contributed by atoms with Crippen molar-refractivity contribution in [1.82, 2.24) is 4.98 Å². The Hall–Kier alpha value is -2.69. The Kier molecular flexibility index (Phi) is 4.14. The van der Waals surface area contributed by atoms with Gasteiger partial charge in [0.2, 0.25) is 11.8 Å². The first kappa shape index (κ1) is 14.3. The minimum absolute atomic E-state index is 0.00425. The molecule has 1 aromatic heterocycles. The Morgan fingerprint density at radius 2 is 2.00 bits per heavy atom. The predicted molar refractivity (Wildman–Crippen MR) is 84.4 cm³/mol. The van der Waals surface area contributed by atoms with Crippen molar-refractivity contribution < 1.29 is 9.59 Å². The van der Waals surface area contributed by atoms with Gasteiger partial charge < -0.3 is 10.6 Å². The van der Waals surface area contributed by atoms with E-state index in [-0.39, 0.29) is 17.7 Å². The van der Waals surface area contributed by atoms with Crippen LogP contribution in [-0.2, 0) is 16.0 Å². The largest absolute Gasteiger partial charge is 0.326 e. The molecule has 112 valence electrons. The van der Waals surface area contributed by atoms with Gasteiger partial charge in [0, 0.05) is 36.1 Å². The van der Waals surface area contributed by atoms with E-state index >= 15 is 0 Å². The molecule has 2 heterocycles. The molecule has 3 rings (SSSR count). The van der Waals surface area contributed by atoms with Gasteiger partial charge in [-0.25, -0.2) is 0 Å². The lowest BCUT2D eigenvalue weighted by Gasteiger charge is -2.24. The third kappa shape index (κ3) is 3.31. The molecule has 5 nitrogen and oxygen atoms in total. The number of amides is 2. The van der Waals surface area contributed by atoms with E-state index in [0.29, 0.717) is 19.3 Å². The average Bonchev–Trinajstić information content (AvgIpc) is 2.54. The first-order valence-electron chi connectivity index (χ1n) is 7.31. The highest BCUT2D eigenvalue weighted by molar-refractivity contribution is 5.96. The smallest absolute Gasteiger partial charge is 0.227 e. The Morgan fingerprint density at radius 1 is 1.23 bits per heavy atom. The minimum atomic E-state index is -0.155. The van der Waals surface area contributed by atoms with Crippen LogP contribution >= 0.6 is 0 Å². The monoisotopic (exact) mass is 295 g/mol. The van der Waals surface area contributed by atoms with Crippen LogP contribution in [0.1, 0.15) is 18.4 Å². The van der Waals surface area contributed by atoms with Crippen molar-refractivity contribution in [1.29, 1.82) is 0 Å². The van der Waals surface area contributed by atoms with Crippen LogP contribution in [0.4, 0.5) is 11.4 Å². The third-order valence-corrected chi connectivity index (χ3v) is 3.80. The van der Waals surface area contributed by atoms with Crippen LogP contribution in [0.15, 0.2) is 48.8 Å². The summed E-state index contributed by atoms with van der Waals surface area (Å²) in [5, 5.41) is 5.71. The molecule has 0 saturated carbocycles. The van der Waals surface area contributed by atoms with E-state index < -0.39 is 0 Å². The summed E-state index contributed by atoms with van der Waals surface area (Å²) in [6, 6.07) is 11.3. The molecular weight excluding hydrogens is 278 g/mol. The Morgan fingerprint density at radius 3 is 2.82 bits per heavy atom. The van der Waals surface area contributed by atoms with Crippen molar-refractivity contribution in [3.05, 3.63) is 54.4 Å². The first-order valence-corrected chi connectivity index (χ1v) is 7.31. The minimum Gasteiger partial charge on any atom is -0.326 e. The summed E-state index contributed by atoms with van der Waals surface area (Å²) in [6.45, 7) is 0. The Labute approximate surface area is 128 Å². The van der Waals surface area contributed by atoms with E-state index in [0.717, 1.165) is 16.9 Å². The van der Waals surface area contributed by atoms with Crippen LogP contribution in [0, 0.1) is 5.92 Å². The zero-order chi connectivity index (χ0) is 15.4. The molecule has 2 aromatic rings. The average molecular weight is 295 g/mol. The van der Waals surface area contributed by atoms with Crippen LogP contribution in [-0.4, -0.2) is 16.8 Å². The van der Waals surface area contributed by atoms with Gasteiger partial charge in [-0.15, -0.1) is 0 Å². The molecule has 5 heteroatoms. The van der Waals surface area contributed by atoms with Crippen molar-refractivity contribution in [2.75, 3.05) is 10.6 Å². The van der Waals surface area contributed by atoms with Crippen molar-refractivity contribution in [2.24, 2.45) is 5.92 Å². The fourth-order valence-electron chi connectivity index (χ4n) is 2.61. The summed E-state index contributed by atoms with van der Waals surface area (Å²) in [6.07, 6.45) is 4.80. The van der Waals surface area contributed by atoms with Crippen LogP contribution in [0.3, 0.4) is 0 Å². The second-order valence-corrected chi connectivity index (χ2v) is 5.37. The summed E-state index contributed by atoms with van der Waals surface area (Å²) >= 11 is 0. The molecule has 2 N–H and O–H groups in total. The highest BCUT2D eigenvalue weighted by atomic mass is 16.2. The Balaban J connectivity index is 1.56.